The van der Waals surface area contributed by atoms with Crippen molar-refractivity contribution in [2.45, 2.75) is 51.9 Å². The SMILES string of the molecule is Cc1c(C)[n+](CC2CCCO2)c2n1C1C(=O)N(Cc3ccc(Cl)cc3)C(=O)N(C)C1=N2. The van der Waals surface area contributed by atoms with Crippen LogP contribution in [0.1, 0.15) is 35.8 Å². The fraction of sp³-hybridized carbons (Fsp3) is 0.455. The van der Waals surface area contributed by atoms with Gasteiger partial charge in [-0.1, -0.05) is 28.7 Å². The molecule has 0 N–H and O–H groups in total. The Hall–Kier alpha value is -2.71. The summed E-state index contributed by atoms with van der Waals surface area (Å²) >= 11 is 5.97. The molecule has 3 aliphatic rings. The lowest BCUT2D eigenvalue weighted by Crippen LogP contribution is -2.57. The fourth-order valence-electron chi connectivity index (χ4n) is 4.63. The summed E-state index contributed by atoms with van der Waals surface area (Å²) in [6.45, 7) is 5.70. The number of aliphatic imine (C=N–C) groups is 1. The first kappa shape index (κ1) is 20.2. The first-order chi connectivity index (χ1) is 14.9. The van der Waals surface area contributed by atoms with Gasteiger partial charge in [-0.2, -0.15) is 0 Å². The lowest BCUT2D eigenvalue weighted by Gasteiger charge is -2.33. The Morgan fingerprint density at radius 2 is 1.97 bits per heavy atom. The van der Waals surface area contributed by atoms with Crippen molar-refractivity contribution in [3.05, 3.63) is 46.2 Å². The van der Waals surface area contributed by atoms with E-state index in [4.69, 9.17) is 21.3 Å². The highest BCUT2D eigenvalue weighted by Crippen LogP contribution is 2.36. The number of imidazole rings is 1. The van der Waals surface area contributed by atoms with E-state index >= 15 is 0 Å². The van der Waals surface area contributed by atoms with E-state index in [2.05, 4.69) is 4.57 Å². The van der Waals surface area contributed by atoms with E-state index < -0.39 is 6.04 Å². The maximum Gasteiger partial charge on any atom is 0.402 e. The molecule has 9 heteroatoms. The van der Waals surface area contributed by atoms with Crippen molar-refractivity contribution < 1.29 is 18.9 Å². The van der Waals surface area contributed by atoms with Gasteiger partial charge in [0.05, 0.1) is 19.2 Å². The number of amides is 3. The van der Waals surface area contributed by atoms with Crippen LogP contribution >= 0.6 is 11.6 Å². The van der Waals surface area contributed by atoms with Crippen molar-refractivity contribution >= 4 is 35.3 Å². The fourth-order valence-corrected chi connectivity index (χ4v) is 4.76. The van der Waals surface area contributed by atoms with Gasteiger partial charge in [-0.3, -0.25) is 14.6 Å². The van der Waals surface area contributed by atoms with Gasteiger partial charge in [0.15, 0.2) is 0 Å². The molecule has 1 aromatic carbocycles. The summed E-state index contributed by atoms with van der Waals surface area (Å²) in [7, 11) is 1.68. The summed E-state index contributed by atoms with van der Waals surface area (Å²) in [5.74, 6) is 0.909. The van der Waals surface area contributed by atoms with Crippen molar-refractivity contribution in [2.75, 3.05) is 13.7 Å². The number of carbonyl (C=O) groups excluding carboxylic acids is 2. The van der Waals surface area contributed by atoms with Gasteiger partial charge in [0, 0.05) is 18.7 Å². The average molecular weight is 443 g/mol. The smallest absolute Gasteiger partial charge is 0.375 e. The number of aromatic nitrogens is 2. The zero-order valence-electron chi connectivity index (χ0n) is 17.8. The van der Waals surface area contributed by atoms with E-state index in [0.717, 1.165) is 36.4 Å². The Morgan fingerprint density at radius 1 is 1.23 bits per heavy atom. The second-order valence-electron chi connectivity index (χ2n) is 8.35. The van der Waals surface area contributed by atoms with Gasteiger partial charge in [0.2, 0.25) is 11.9 Å². The lowest BCUT2D eigenvalue weighted by molar-refractivity contribution is -0.695. The minimum Gasteiger partial charge on any atom is -0.375 e. The van der Waals surface area contributed by atoms with Crippen LogP contribution in [0.3, 0.4) is 0 Å². The molecule has 5 rings (SSSR count). The number of carbonyl (C=O) groups is 2. The number of benzene rings is 1. The molecule has 0 spiro atoms. The number of rotatable bonds is 4. The summed E-state index contributed by atoms with van der Waals surface area (Å²) in [4.78, 5) is 34.1. The van der Waals surface area contributed by atoms with Gasteiger partial charge in [-0.15, -0.1) is 0 Å². The third-order valence-electron chi connectivity index (χ3n) is 6.49. The van der Waals surface area contributed by atoms with Crippen LogP contribution in [0, 0.1) is 13.8 Å². The zero-order chi connectivity index (χ0) is 21.9. The van der Waals surface area contributed by atoms with Crippen molar-refractivity contribution in [1.82, 2.24) is 14.4 Å². The maximum atomic E-state index is 13.5. The minimum absolute atomic E-state index is 0.148. The molecule has 8 nitrogen and oxygen atoms in total. The number of urea groups is 1. The molecule has 0 bridgehead atoms. The average Bonchev–Trinajstić information content (AvgIpc) is 3.46. The van der Waals surface area contributed by atoms with E-state index in [9.17, 15) is 9.59 Å². The highest BCUT2D eigenvalue weighted by Gasteiger charge is 2.54. The molecule has 1 aromatic heterocycles. The largest absolute Gasteiger partial charge is 0.402 e. The summed E-state index contributed by atoms with van der Waals surface area (Å²) in [5, 5.41) is 0.612. The Kier molecular flexibility index (Phi) is 4.86. The standard InChI is InChI=1S/C22H25ClN5O3/c1-13-14(2)28-18-19(24-21(28)26(13)12-17-5-4-10-31-17)25(3)22(30)27(20(18)29)11-15-6-8-16(23)9-7-15/h6-9,17-18H,4-5,10-12H2,1-3H3/q+1. The Labute approximate surface area is 185 Å². The number of hydrogen-bond donors (Lipinski definition) is 0. The molecule has 2 unspecified atom stereocenters. The summed E-state index contributed by atoms with van der Waals surface area (Å²) in [6.07, 6.45) is 2.23. The minimum atomic E-state index is -0.644. The quantitative estimate of drug-likeness (QED) is 0.683. The Balaban J connectivity index is 1.51. The second-order valence-corrected chi connectivity index (χ2v) is 8.79. The number of amidine groups is 1. The number of imide groups is 1. The molecule has 2 fully saturated rings. The molecular formula is C22H25ClN5O3+. The molecule has 162 valence electrons. The summed E-state index contributed by atoms with van der Waals surface area (Å²) in [5.41, 5.74) is 2.87. The monoisotopic (exact) mass is 442 g/mol. The molecule has 4 heterocycles. The van der Waals surface area contributed by atoms with Crippen molar-refractivity contribution in [2.24, 2.45) is 4.99 Å². The molecule has 3 amide bonds. The highest BCUT2D eigenvalue weighted by atomic mass is 35.5. The van der Waals surface area contributed by atoms with Crippen molar-refractivity contribution in [3.63, 3.8) is 0 Å². The highest BCUT2D eigenvalue weighted by molar-refractivity contribution is 6.30. The molecule has 2 saturated heterocycles. The Morgan fingerprint density at radius 3 is 2.65 bits per heavy atom. The van der Waals surface area contributed by atoms with E-state index in [1.807, 2.05) is 30.5 Å². The molecular weight excluding hydrogens is 418 g/mol. The molecule has 3 aliphatic heterocycles. The molecule has 31 heavy (non-hydrogen) atoms. The van der Waals surface area contributed by atoms with Gasteiger partial charge in [0.1, 0.15) is 11.4 Å². The molecule has 0 radical (unpaired) electrons. The third kappa shape index (κ3) is 3.16. The van der Waals surface area contributed by atoms with Crippen molar-refractivity contribution in [1.29, 1.82) is 0 Å². The molecule has 2 aromatic rings. The van der Waals surface area contributed by atoms with Gasteiger partial charge >= 0.3 is 12.0 Å². The number of halogens is 1. The van der Waals surface area contributed by atoms with Crippen molar-refractivity contribution in [3.8, 4) is 0 Å². The van der Waals surface area contributed by atoms with Gasteiger partial charge in [0.25, 0.3) is 5.91 Å². The number of nitrogens with zero attached hydrogens (tertiary/aromatic N) is 5. The molecule has 0 saturated carbocycles. The van der Waals surface area contributed by atoms with Gasteiger partial charge in [-0.05, 0) is 44.4 Å². The van der Waals surface area contributed by atoms with Crippen LogP contribution in [0.5, 0.6) is 0 Å². The van der Waals surface area contributed by atoms with Gasteiger partial charge in [-0.25, -0.2) is 13.9 Å². The van der Waals surface area contributed by atoms with Crippen LogP contribution in [0.2, 0.25) is 5.02 Å². The molecule has 0 aliphatic carbocycles. The van der Waals surface area contributed by atoms with E-state index in [0.29, 0.717) is 23.4 Å². The van der Waals surface area contributed by atoms with Crippen LogP contribution in [0.25, 0.3) is 0 Å². The third-order valence-corrected chi connectivity index (χ3v) is 6.74. The van der Waals surface area contributed by atoms with Crippen LogP contribution < -0.4 is 4.57 Å². The maximum absolute atomic E-state index is 13.5. The number of hydrogen-bond acceptors (Lipinski definition) is 4. The zero-order valence-corrected chi connectivity index (χ0v) is 18.6. The lowest BCUT2D eigenvalue weighted by atomic mass is 10.1. The van der Waals surface area contributed by atoms with Crippen LogP contribution in [-0.4, -0.2) is 51.9 Å². The predicted molar refractivity (Wildman–Crippen MR) is 114 cm³/mol. The van der Waals surface area contributed by atoms with Gasteiger partial charge < -0.3 is 4.74 Å². The van der Waals surface area contributed by atoms with Crippen LogP contribution in [-0.2, 0) is 22.6 Å². The Bertz CT molecular complexity index is 1100. The second kappa shape index (κ2) is 7.46. The summed E-state index contributed by atoms with van der Waals surface area (Å²) in [6, 6.07) is 6.15. The van der Waals surface area contributed by atoms with E-state index in [-0.39, 0.29) is 24.6 Å². The predicted octanol–water partition coefficient (Wildman–Crippen LogP) is 2.90. The van der Waals surface area contributed by atoms with Crippen LogP contribution in [0.15, 0.2) is 29.3 Å². The van der Waals surface area contributed by atoms with E-state index in [1.165, 1.54) is 9.80 Å². The number of fused-ring (bicyclic) bond motifs is 3. The van der Waals surface area contributed by atoms with Crippen LogP contribution in [0.4, 0.5) is 10.7 Å². The number of likely N-dealkylation sites (N-methyl/N-ethyl adjacent to an activating group) is 1. The van der Waals surface area contributed by atoms with E-state index in [1.54, 1.807) is 19.2 Å². The molecule has 2 atom stereocenters. The summed E-state index contributed by atoms with van der Waals surface area (Å²) < 4.78 is 9.90. The number of ether oxygens (including phenoxy) is 1. The first-order valence-corrected chi connectivity index (χ1v) is 10.9. The topological polar surface area (TPSA) is 71.0 Å². The normalized spacial score (nSPS) is 22.8. The first-order valence-electron chi connectivity index (χ1n) is 10.5.